The highest BCUT2D eigenvalue weighted by Crippen LogP contribution is 2.22. The van der Waals surface area contributed by atoms with Crippen LogP contribution in [-0.2, 0) is 6.54 Å². The number of carbonyl (C=O) groups is 1. The maximum absolute atomic E-state index is 12.8. The summed E-state index contributed by atoms with van der Waals surface area (Å²) < 4.78 is 7.45. The number of carbonyl (C=O) groups excluding carboxylic acids is 1. The van der Waals surface area contributed by atoms with Crippen molar-refractivity contribution in [1.82, 2.24) is 19.7 Å². The highest BCUT2D eigenvalue weighted by molar-refractivity contribution is 5.94. The van der Waals surface area contributed by atoms with E-state index in [0.717, 1.165) is 31.5 Å². The molecule has 6 heteroatoms. The van der Waals surface area contributed by atoms with Crippen LogP contribution in [0.1, 0.15) is 42.6 Å². The van der Waals surface area contributed by atoms with E-state index in [4.69, 9.17) is 4.74 Å². The van der Waals surface area contributed by atoms with Crippen LogP contribution in [0.25, 0.3) is 0 Å². The fraction of sp³-hybridized carbons (Fsp3) is 0.500. The molecule has 0 spiro atoms. The summed E-state index contributed by atoms with van der Waals surface area (Å²) in [5, 5.41) is 4.33. The van der Waals surface area contributed by atoms with E-state index in [1.165, 1.54) is 0 Å². The molecule has 3 rings (SSSR count). The van der Waals surface area contributed by atoms with E-state index in [-0.39, 0.29) is 18.1 Å². The molecule has 0 radical (unpaired) electrons. The van der Waals surface area contributed by atoms with E-state index in [0.29, 0.717) is 11.4 Å². The Hall–Kier alpha value is -2.37. The summed E-state index contributed by atoms with van der Waals surface area (Å²) >= 11 is 0. The maximum Gasteiger partial charge on any atom is 0.255 e. The molecule has 1 saturated heterocycles. The molecule has 1 fully saturated rings. The van der Waals surface area contributed by atoms with Crippen molar-refractivity contribution < 1.29 is 9.53 Å². The Morgan fingerprint density at radius 1 is 1.38 bits per heavy atom. The van der Waals surface area contributed by atoms with Gasteiger partial charge in [-0.2, -0.15) is 5.10 Å². The summed E-state index contributed by atoms with van der Waals surface area (Å²) in [5.41, 5.74) is 1.74. The second-order valence-electron chi connectivity index (χ2n) is 6.59. The lowest BCUT2D eigenvalue weighted by Crippen LogP contribution is -2.38. The number of amides is 1. The quantitative estimate of drug-likeness (QED) is 0.847. The average Bonchev–Trinajstić information content (AvgIpc) is 3.16. The molecule has 0 unspecified atom stereocenters. The minimum absolute atomic E-state index is 0.0324. The van der Waals surface area contributed by atoms with E-state index in [1.807, 2.05) is 42.7 Å². The van der Waals surface area contributed by atoms with Crippen molar-refractivity contribution in [2.45, 2.75) is 52.3 Å². The second-order valence-corrected chi connectivity index (χ2v) is 6.59. The van der Waals surface area contributed by atoms with Crippen LogP contribution < -0.4 is 4.74 Å². The van der Waals surface area contributed by atoms with E-state index in [9.17, 15) is 4.79 Å². The van der Waals surface area contributed by atoms with Crippen LogP contribution >= 0.6 is 0 Å². The van der Waals surface area contributed by atoms with Gasteiger partial charge >= 0.3 is 0 Å². The summed E-state index contributed by atoms with van der Waals surface area (Å²) in [6.45, 7) is 7.45. The van der Waals surface area contributed by atoms with Gasteiger partial charge in [-0.3, -0.25) is 9.48 Å². The van der Waals surface area contributed by atoms with Gasteiger partial charge in [0.2, 0.25) is 5.88 Å². The van der Waals surface area contributed by atoms with Crippen LogP contribution in [0.5, 0.6) is 5.88 Å². The molecule has 128 valence electrons. The zero-order chi connectivity index (χ0) is 17.1. The number of pyridine rings is 1. The van der Waals surface area contributed by atoms with E-state index >= 15 is 0 Å². The molecule has 0 bridgehead atoms. The number of likely N-dealkylation sites (tertiary alicyclic amines) is 1. The molecule has 1 aliphatic heterocycles. The highest BCUT2D eigenvalue weighted by Gasteiger charge is 2.30. The fourth-order valence-electron chi connectivity index (χ4n) is 3.06. The number of hydrogen-bond donors (Lipinski definition) is 0. The normalized spacial score (nSPS) is 17.5. The topological polar surface area (TPSA) is 60.2 Å². The molecular formula is C18H24N4O2. The standard InChI is InChI=1S/C18H24N4O2/c1-13(2)24-17-7-6-15(10-19-17)18(23)22-8-4-5-16(22)12-21-11-14(3)9-20-21/h6-7,9-11,13,16H,4-5,8,12H2,1-3H3/t16-/m1/s1. The predicted octanol–water partition coefficient (Wildman–Crippen LogP) is 2.68. The van der Waals surface area contributed by atoms with E-state index in [2.05, 4.69) is 10.1 Å². The third kappa shape index (κ3) is 3.75. The average molecular weight is 328 g/mol. The monoisotopic (exact) mass is 328 g/mol. The summed E-state index contributed by atoms with van der Waals surface area (Å²) in [5.74, 6) is 0.580. The Bertz CT molecular complexity index is 693. The van der Waals surface area contributed by atoms with Crippen LogP contribution in [0, 0.1) is 6.92 Å². The van der Waals surface area contributed by atoms with Crippen LogP contribution in [0.3, 0.4) is 0 Å². The van der Waals surface area contributed by atoms with Gasteiger partial charge in [-0.05, 0) is 45.2 Å². The molecule has 1 atom stereocenters. The van der Waals surface area contributed by atoms with Crippen LogP contribution in [0.4, 0.5) is 0 Å². The van der Waals surface area contributed by atoms with E-state index in [1.54, 1.807) is 18.3 Å². The van der Waals surface area contributed by atoms with Gasteiger partial charge in [0.25, 0.3) is 5.91 Å². The molecule has 0 saturated carbocycles. The van der Waals surface area contributed by atoms with Crippen molar-refractivity contribution >= 4 is 5.91 Å². The molecule has 1 aliphatic rings. The first-order valence-corrected chi connectivity index (χ1v) is 8.45. The minimum Gasteiger partial charge on any atom is -0.475 e. The van der Waals surface area contributed by atoms with Gasteiger partial charge < -0.3 is 9.64 Å². The first-order chi connectivity index (χ1) is 11.5. The minimum atomic E-state index is 0.0324. The maximum atomic E-state index is 12.8. The third-order valence-corrected chi connectivity index (χ3v) is 4.14. The lowest BCUT2D eigenvalue weighted by molar-refractivity contribution is 0.0721. The molecule has 1 amide bonds. The Kier molecular flexibility index (Phi) is 4.83. The number of aryl methyl sites for hydroxylation is 1. The number of rotatable bonds is 5. The smallest absolute Gasteiger partial charge is 0.255 e. The molecule has 2 aromatic rings. The molecule has 2 aromatic heterocycles. The third-order valence-electron chi connectivity index (χ3n) is 4.14. The van der Waals surface area contributed by atoms with Crippen molar-refractivity contribution in [2.75, 3.05) is 6.54 Å². The highest BCUT2D eigenvalue weighted by atomic mass is 16.5. The zero-order valence-electron chi connectivity index (χ0n) is 14.5. The van der Waals surface area contributed by atoms with Crippen molar-refractivity contribution in [1.29, 1.82) is 0 Å². The number of nitrogens with zero attached hydrogens (tertiary/aromatic N) is 4. The van der Waals surface area contributed by atoms with Crippen molar-refractivity contribution in [3.63, 3.8) is 0 Å². The van der Waals surface area contributed by atoms with Gasteiger partial charge in [-0.25, -0.2) is 4.98 Å². The SMILES string of the molecule is Cc1cnn(C[C@H]2CCCN2C(=O)c2ccc(OC(C)C)nc2)c1. The first kappa shape index (κ1) is 16.5. The van der Waals surface area contributed by atoms with Gasteiger partial charge in [0, 0.05) is 25.0 Å². The molecule has 0 N–H and O–H groups in total. The zero-order valence-corrected chi connectivity index (χ0v) is 14.5. The number of ether oxygens (including phenoxy) is 1. The molecule has 6 nitrogen and oxygen atoms in total. The molecular weight excluding hydrogens is 304 g/mol. The second kappa shape index (κ2) is 7.03. The van der Waals surface area contributed by atoms with Gasteiger partial charge in [0.15, 0.2) is 0 Å². The van der Waals surface area contributed by atoms with Gasteiger partial charge in [0.05, 0.1) is 30.5 Å². The first-order valence-electron chi connectivity index (χ1n) is 8.45. The van der Waals surface area contributed by atoms with Crippen molar-refractivity contribution in [3.05, 3.63) is 41.9 Å². The van der Waals surface area contributed by atoms with Crippen LogP contribution in [-0.4, -0.2) is 44.3 Å². The number of aromatic nitrogens is 3. The Morgan fingerprint density at radius 3 is 2.83 bits per heavy atom. The van der Waals surface area contributed by atoms with Crippen molar-refractivity contribution in [2.24, 2.45) is 0 Å². The molecule has 0 aliphatic carbocycles. The predicted molar refractivity (Wildman–Crippen MR) is 91.0 cm³/mol. The van der Waals surface area contributed by atoms with Crippen LogP contribution in [0.2, 0.25) is 0 Å². The largest absolute Gasteiger partial charge is 0.475 e. The van der Waals surface area contributed by atoms with Gasteiger partial charge in [-0.1, -0.05) is 0 Å². The molecule has 3 heterocycles. The van der Waals surface area contributed by atoms with Gasteiger partial charge in [-0.15, -0.1) is 0 Å². The Morgan fingerprint density at radius 2 is 2.21 bits per heavy atom. The summed E-state index contributed by atoms with van der Waals surface area (Å²) in [4.78, 5) is 19.0. The fourth-order valence-corrected chi connectivity index (χ4v) is 3.06. The summed E-state index contributed by atoms with van der Waals surface area (Å²) in [6, 6.07) is 3.73. The van der Waals surface area contributed by atoms with Crippen molar-refractivity contribution in [3.8, 4) is 5.88 Å². The lowest BCUT2D eigenvalue weighted by atomic mass is 10.2. The Labute approximate surface area is 142 Å². The molecule has 0 aromatic carbocycles. The number of hydrogen-bond acceptors (Lipinski definition) is 4. The summed E-state index contributed by atoms with van der Waals surface area (Å²) in [6.07, 6.45) is 7.57. The summed E-state index contributed by atoms with van der Waals surface area (Å²) in [7, 11) is 0. The van der Waals surface area contributed by atoms with Gasteiger partial charge in [0.1, 0.15) is 0 Å². The van der Waals surface area contributed by atoms with Crippen LogP contribution in [0.15, 0.2) is 30.7 Å². The molecule has 24 heavy (non-hydrogen) atoms. The van der Waals surface area contributed by atoms with E-state index < -0.39 is 0 Å². The lowest BCUT2D eigenvalue weighted by Gasteiger charge is -2.24. The Balaban J connectivity index is 1.68.